The zero-order chi connectivity index (χ0) is 28.7. The number of fused-ring (bicyclic) bond motifs is 1. The van der Waals surface area contributed by atoms with Crippen molar-refractivity contribution >= 4 is 43.9 Å². The van der Waals surface area contributed by atoms with E-state index in [1.54, 1.807) is 19.2 Å². The van der Waals surface area contributed by atoms with Crippen LogP contribution in [0.3, 0.4) is 0 Å². The smallest absolute Gasteiger partial charge is 0.290 e. The van der Waals surface area contributed by atoms with Gasteiger partial charge in [-0.2, -0.15) is 4.98 Å². The van der Waals surface area contributed by atoms with Gasteiger partial charge in [0.05, 0.1) is 12.3 Å². The number of hydrogen-bond donors (Lipinski definition) is 1. The highest BCUT2D eigenvalue weighted by Crippen LogP contribution is 2.37. The monoisotopic (exact) mass is 574 g/mol. The second-order valence-electron chi connectivity index (χ2n) is 11.0. The van der Waals surface area contributed by atoms with Gasteiger partial charge in [0.15, 0.2) is 0 Å². The minimum Gasteiger partial charge on any atom is -0.375 e. The molecule has 0 bridgehead atoms. The Morgan fingerprint density at radius 3 is 2.58 bits per heavy atom. The van der Waals surface area contributed by atoms with Crippen molar-refractivity contribution in [1.29, 1.82) is 0 Å². The molecule has 0 aliphatic carbocycles. The molecule has 1 atom stereocenters. The van der Waals surface area contributed by atoms with Crippen LogP contribution in [-0.4, -0.2) is 80.2 Å². The van der Waals surface area contributed by atoms with E-state index < -0.39 is 28.4 Å². The van der Waals surface area contributed by atoms with Gasteiger partial charge in [0.25, 0.3) is 5.92 Å². The Kier molecular flexibility index (Phi) is 7.84. The highest BCUT2D eigenvalue weighted by molar-refractivity contribution is 7.91. The molecule has 2 aromatic heterocycles. The molecule has 216 valence electrons. The third-order valence-corrected chi connectivity index (χ3v) is 9.62. The van der Waals surface area contributed by atoms with Crippen molar-refractivity contribution < 1.29 is 21.9 Å². The van der Waals surface area contributed by atoms with Gasteiger partial charge in [0.2, 0.25) is 5.95 Å². The van der Waals surface area contributed by atoms with Crippen LogP contribution in [0, 0.1) is 5.92 Å². The molecule has 0 amide bonds. The highest BCUT2D eigenvalue weighted by Gasteiger charge is 2.45. The summed E-state index contributed by atoms with van der Waals surface area (Å²) in [6.07, 6.45) is 2.44. The maximum Gasteiger partial charge on any atom is 0.290 e. The Hall–Kier alpha value is -3.12. The fourth-order valence-electron chi connectivity index (χ4n) is 5.53. The molecule has 12 heteroatoms. The van der Waals surface area contributed by atoms with E-state index in [2.05, 4.69) is 51.1 Å². The van der Waals surface area contributed by atoms with Gasteiger partial charge in [-0.3, -0.25) is 0 Å². The van der Waals surface area contributed by atoms with E-state index in [1.165, 1.54) is 17.6 Å². The number of rotatable bonds is 9. The number of methoxy groups -OCH3 is 1. The molecule has 3 aromatic rings. The van der Waals surface area contributed by atoms with Crippen molar-refractivity contribution in [2.24, 2.45) is 5.92 Å². The van der Waals surface area contributed by atoms with E-state index in [0.717, 1.165) is 16.5 Å². The fraction of sp³-hybridized carbons (Fsp3) is 0.536. The quantitative estimate of drug-likeness (QED) is 0.392. The Balaban J connectivity index is 1.37. The van der Waals surface area contributed by atoms with Crippen LogP contribution in [0.15, 0.2) is 36.7 Å². The number of ether oxygens (including phenoxy) is 1. The third-order valence-electron chi connectivity index (χ3n) is 7.76. The maximum atomic E-state index is 14.5. The molecule has 5 rings (SSSR count). The number of aromatic nitrogens is 3. The zero-order valence-electron chi connectivity index (χ0n) is 23.3. The maximum absolute atomic E-state index is 14.5. The first-order valence-corrected chi connectivity index (χ1v) is 15.5. The fourth-order valence-corrected chi connectivity index (χ4v) is 6.69. The Labute approximate surface area is 233 Å². The highest BCUT2D eigenvalue weighted by atomic mass is 32.2. The predicted octanol–water partition coefficient (Wildman–Crippen LogP) is 4.62. The van der Waals surface area contributed by atoms with E-state index in [-0.39, 0.29) is 35.7 Å². The van der Waals surface area contributed by atoms with Crippen molar-refractivity contribution in [1.82, 2.24) is 15.0 Å². The first kappa shape index (κ1) is 28.4. The lowest BCUT2D eigenvalue weighted by Gasteiger charge is -2.41. The summed E-state index contributed by atoms with van der Waals surface area (Å²) in [5.74, 6) is -0.944. The molecule has 1 N–H and O–H groups in total. The van der Waals surface area contributed by atoms with E-state index >= 15 is 0 Å². The van der Waals surface area contributed by atoms with Crippen LogP contribution in [0.4, 0.5) is 32.1 Å². The molecule has 2 aliphatic heterocycles. The van der Waals surface area contributed by atoms with E-state index in [1.807, 2.05) is 12.3 Å². The molecule has 0 spiro atoms. The summed E-state index contributed by atoms with van der Waals surface area (Å²) in [5, 5.41) is 5.26. The van der Waals surface area contributed by atoms with Gasteiger partial charge in [0.1, 0.15) is 27.6 Å². The van der Waals surface area contributed by atoms with Crippen LogP contribution in [0.2, 0.25) is 0 Å². The number of halogens is 2. The second kappa shape index (κ2) is 11.0. The second-order valence-corrected chi connectivity index (χ2v) is 13.4. The number of hydrogen-bond acceptors (Lipinski definition) is 9. The third kappa shape index (κ3) is 5.83. The molecule has 2 aliphatic rings. The van der Waals surface area contributed by atoms with E-state index in [9.17, 15) is 17.2 Å². The van der Waals surface area contributed by atoms with Gasteiger partial charge in [-0.1, -0.05) is 26.8 Å². The lowest BCUT2D eigenvalue weighted by atomic mass is 9.93. The molecule has 0 radical (unpaired) electrons. The summed E-state index contributed by atoms with van der Waals surface area (Å²) < 4.78 is 58.0. The van der Waals surface area contributed by atoms with Crippen molar-refractivity contribution in [2.75, 3.05) is 59.9 Å². The Bertz CT molecular complexity index is 1480. The van der Waals surface area contributed by atoms with Crippen LogP contribution in [0.5, 0.6) is 0 Å². The number of piperidine rings is 1. The molecule has 9 nitrogen and oxygen atoms in total. The van der Waals surface area contributed by atoms with Crippen molar-refractivity contribution in [3.05, 3.63) is 42.2 Å². The number of anilines is 4. The minimum atomic E-state index is -3.00. The average Bonchev–Trinajstić information content (AvgIpc) is 2.89. The van der Waals surface area contributed by atoms with Crippen LogP contribution in [0.1, 0.15) is 38.7 Å². The molecular formula is C28H36F2N6O3S. The largest absolute Gasteiger partial charge is 0.375 e. The average molecular weight is 575 g/mol. The van der Waals surface area contributed by atoms with Crippen LogP contribution in [-0.2, 0) is 14.6 Å². The molecule has 2 fully saturated rings. The van der Waals surface area contributed by atoms with Gasteiger partial charge >= 0.3 is 0 Å². The van der Waals surface area contributed by atoms with Crippen LogP contribution in [0.25, 0.3) is 10.8 Å². The molecular weight excluding hydrogens is 538 g/mol. The first-order valence-electron chi connectivity index (χ1n) is 13.6. The number of benzene rings is 1. The number of nitrogens with zero attached hydrogens (tertiary/aromatic N) is 5. The summed E-state index contributed by atoms with van der Waals surface area (Å²) in [6, 6.07) is 7.87. The zero-order valence-corrected chi connectivity index (χ0v) is 24.1. The minimum absolute atomic E-state index is 0.130. The van der Waals surface area contributed by atoms with Gasteiger partial charge < -0.3 is 19.9 Å². The number of pyridine rings is 1. The normalized spacial score (nSPS) is 19.7. The molecule has 1 aromatic carbocycles. The number of alkyl halides is 2. The van der Waals surface area contributed by atoms with Gasteiger partial charge in [0, 0.05) is 61.9 Å². The molecule has 0 saturated carbocycles. The summed E-state index contributed by atoms with van der Waals surface area (Å²) in [6.45, 7) is 7.21. The summed E-state index contributed by atoms with van der Waals surface area (Å²) in [7, 11) is -1.70. The Morgan fingerprint density at radius 2 is 1.90 bits per heavy atom. The lowest BCUT2D eigenvalue weighted by molar-refractivity contribution is -0.129. The van der Waals surface area contributed by atoms with Crippen LogP contribution < -0.4 is 15.1 Å². The summed E-state index contributed by atoms with van der Waals surface area (Å²) in [5.41, 5.74) is 2.20. The number of sulfone groups is 1. The molecule has 4 heterocycles. The first-order chi connectivity index (χ1) is 19.0. The van der Waals surface area contributed by atoms with E-state index in [0.29, 0.717) is 31.3 Å². The van der Waals surface area contributed by atoms with Gasteiger partial charge in [-0.15, -0.1) is 0 Å². The predicted molar refractivity (Wildman–Crippen MR) is 154 cm³/mol. The molecule has 0 unspecified atom stereocenters. The lowest BCUT2D eigenvalue weighted by Crippen LogP contribution is -2.52. The number of nitrogens with one attached hydrogen (secondary N) is 1. The standard InChI is InChI=1S/C28H36F2N6O3S/c1-5-40(37,38)16-19-14-36(15-19)23-7-6-20(18(2)3)21-12-26(32-13-22(21)23)33-25-8-10-31-27(34-25)35-11-9-24(39-4)28(29,30)17-35/h6-8,10,12-13,18-19,24H,5,9,11,14-17H2,1-4H3,(H,31,32,33,34)/t24-/m1/s1. The van der Waals surface area contributed by atoms with Crippen molar-refractivity contribution in [2.45, 2.75) is 45.1 Å². The molecule has 2 saturated heterocycles. The SMILES string of the molecule is CCS(=O)(=O)CC1CN(c2ccc(C(C)C)c3cc(Nc4ccnc(N5CC[C@@H](OC)C(F)(F)C5)n4)ncc23)C1. The topological polar surface area (TPSA) is 101 Å². The van der Waals surface area contributed by atoms with Gasteiger partial charge in [-0.05, 0) is 41.5 Å². The van der Waals surface area contributed by atoms with Gasteiger partial charge in [-0.25, -0.2) is 27.2 Å². The van der Waals surface area contributed by atoms with Crippen molar-refractivity contribution in [3.63, 3.8) is 0 Å². The summed E-state index contributed by atoms with van der Waals surface area (Å²) in [4.78, 5) is 17.0. The molecule has 40 heavy (non-hydrogen) atoms. The summed E-state index contributed by atoms with van der Waals surface area (Å²) >= 11 is 0. The van der Waals surface area contributed by atoms with Crippen molar-refractivity contribution in [3.8, 4) is 0 Å². The van der Waals surface area contributed by atoms with Crippen LogP contribution >= 0.6 is 0 Å². The van der Waals surface area contributed by atoms with E-state index in [4.69, 9.17) is 4.74 Å². The Morgan fingerprint density at radius 1 is 1.12 bits per heavy atom.